The first-order valence-electron chi connectivity index (χ1n) is 6.71. The van der Waals surface area contributed by atoms with E-state index in [2.05, 4.69) is 13.0 Å². The quantitative estimate of drug-likeness (QED) is 0.668. The molecule has 0 unspecified atom stereocenters. The summed E-state index contributed by atoms with van der Waals surface area (Å²) in [7, 11) is 0. The van der Waals surface area contributed by atoms with Crippen LogP contribution in [0.2, 0.25) is 0 Å². The summed E-state index contributed by atoms with van der Waals surface area (Å²) < 4.78 is 10.7. The lowest BCUT2D eigenvalue weighted by Gasteiger charge is -2.31. The van der Waals surface area contributed by atoms with E-state index in [0.717, 1.165) is 25.0 Å². The van der Waals surface area contributed by atoms with Gasteiger partial charge in [-0.25, -0.2) is 0 Å². The van der Waals surface area contributed by atoms with E-state index in [9.17, 15) is 4.79 Å². The van der Waals surface area contributed by atoms with Crippen LogP contribution in [0, 0.1) is 11.8 Å². The number of ether oxygens (including phenoxy) is 2. The Morgan fingerprint density at radius 2 is 2.12 bits per heavy atom. The SMILES string of the molecule is CCOC(=O)C[C@H]1C(OCC)=CCC[C@@H]1CC. The molecule has 0 saturated heterocycles. The second kappa shape index (κ2) is 7.36. The van der Waals surface area contributed by atoms with Crippen LogP contribution in [0.4, 0.5) is 0 Å². The zero-order valence-corrected chi connectivity index (χ0v) is 11.2. The number of carbonyl (C=O) groups is 1. The summed E-state index contributed by atoms with van der Waals surface area (Å²) in [5, 5.41) is 0. The lowest BCUT2D eigenvalue weighted by molar-refractivity contribution is -0.144. The lowest BCUT2D eigenvalue weighted by atomic mass is 9.79. The average Bonchev–Trinajstić information content (AvgIpc) is 2.32. The van der Waals surface area contributed by atoms with E-state index in [4.69, 9.17) is 9.47 Å². The molecule has 0 spiro atoms. The molecule has 3 heteroatoms. The highest BCUT2D eigenvalue weighted by atomic mass is 16.5. The number of rotatable bonds is 6. The standard InChI is InChI=1S/C14H24O3/c1-4-11-8-7-9-13(16-5-2)12(11)10-14(15)17-6-3/h9,11-12H,4-8,10H2,1-3H3/t11-,12+/m0/s1. The molecule has 0 aromatic carbocycles. The highest BCUT2D eigenvalue weighted by Gasteiger charge is 2.30. The first-order chi connectivity index (χ1) is 8.22. The van der Waals surface area contributed by atoms with Crippen LogP contribution in [0.15, 0.2) is 11.8 Å². The van der Waals surface area contributed by atoms with Crippen molar-refractivity contribution in [3.8, 4) is 0 Å². The Morgan fingerprint density at radius 3 is 2.71 bits per heavy atom. The summed E-state index contributed by atoms with van der Waals surface area (Å²) >= 11 is 0. The van der Waals surface area contributed by atoms with Crippen molar-refractivity contribution < 1.29 is 14.3 Å². The lowest BCUT2D eigenvalue weighted by Crippen LogP contribution is -2.25. The molecule has 0 saturated carbocycles. The summed E-state index contributed by atoms with van der Waals surface area (Å²) in [6.45, 7) is 7.13. The van der Waals surface area contributed by atoms with Gasteiger partial charge in [-0.15, -0.1) is 0 Å². The molecule has 1 rings (SSSR count). The fourth-order valence-corrected chi connectivity index (χ4v) is 2.51. The van der Waals surface area contributed by atoms with E-state index in [1.54, 1.807) is 0 Å². The molecular formula is C14H24O3. The molecular weight excluding hydrogens is 216 g/mol. The van der Waals surface area contributed by atoms with Crippen molar-refractivity contribution in [3.63, 3.8) is 0 Å². The van der Waals surface area contributed by atoms with Gasteiger partial charge in [-0.1, -0.05) is 13.3 Å². The highest BCUT2D eigenvalue weighted by Crippen LogP contribution is 2.35. The normalized spacial score (nSPS) is 24.1. The van der Waals surface area contributed by atoms with Crippen LogP contribution in [0.1, 0.15) is 46.5 Å². The minimum atomic E-state index is -0.108. The Morgan fingerprint density at radius 1 is 1.35 bits per heavy atom. The van der Waals surface area contributed by atoms with E-state index in [-0.39, 0.29) is 11.9 Å². The molecule has 0 bridgehead atoms. The van der Waals surface area contributed by atoms with Crippen molar-refractivity contribution in [2.75, 3.05) is 13.2 Å². The molecule has 0 heterocycles. The van der Waals surface area contributed by atoms with Gasteiger partial charge in [0, 0.05) is 5.92 Å². The van der Waals surface area contributed by atoms with Crippen molar-refractivity contribution >= 4 is 5.97 Å². The number of esters is 1. The largest absolute Gasteiger partial charge is 0.498 e. The molecule has 2 atom stereocenters. The predicted molar refractivity (Wildman–Crippen MR) is 67.5 cm³/mol. The van der Waals surface area contributed by atoms with E-state index < -0.39 is 0 Å². The second-order valence-corrected chi connectivity index (χ2v) is 4.40. The Labute approximate surface area is 104 Å². The fourth-order valence-electron chi connectivity index (χ4n) is 2.51. The maximum Gasteiger partial charge on any atom is 0.306 e. The Kier molecular flexibility index (Phi) is 6.09. The van der Waals surface area contributed by atoms with Crippen molar-refractivity contribution in [2.24, 2.45) is 11.8 Å². The Hall–Kier alpha value is -0.990. The first kappa shape index (κ1) is 14.1. The van der Waals surface area contributed by atoms with Crippen LogP contribution in [0.25, 0.3) is 0 Å². The number of hydrogen-bond donors (Lipinski definition) is 0. The van der Waals surface area contributed by atoms with Crippen LogP contribution in [0.3, 0.4) is 0 Å². The second-order valence-electron chi connectivity index (χ2n) is 4.40. The van der Waals surface area contributed by atoms with Gasteiger partial charge in [0.15, 0.2) is 0 Å². The van der Waals surface area contributed by atoms with E-state index in [1.165, 1.54) is 0 Å². The monoisotopic (exact) mass is 240 g/mol. The van der Waals surface area contributed by atoms with Crippen LogP contribution >= 0.6 is 0 Å². The highest BCUT2D eigenvalue weighted by molar-refractivity contribution is 5.70. The number of hydrogen-bond acceptors (Lipinski definition) is 3. The first-order valence-corrected chi connectivity index (χ1v) is 6.71. The van der Waals surface area contributed by atoms with Gasteiger partial charge in [-0.2, -0.15) is 0 Å². The Balaban J connectivity index is 2.68. The summed E-state index contributed by atoms with van der Waals surface area (Å²) in [5.74, 6) is 1.65. The van der Waals surface area contributed by atoms with Crippen LogP contribution in [-0.2, 0) is 14.3 Å². The fraction of sp³-hybridized carbons (Fsp3) is 0.786. The van der Waals surface area contributed by atoms with E-state index in [0.29, 0.717) is 25.6 Å². The minimum absolute atomic E-state index is 0.108. The molecule has 98 valence electrons. The van der Waals surface area contributed by atoms with Gasteiger partial charge in [0.2, 0.25) is 0 Å². The third-order valence-electron chi connectivity index (χ3n) is 3.34. The van der Waals surface area contributed by atoms with Gasteiger partial charge in [-0.05, 0) is 38.7 Å². The zero-order valence-electron chi connectivity index (χ0n) is 11.2. The maximum atomic E-state index is 11.6. The van der Waals surface area contributed by atoms with Crippen LogP contribution < -0.4 is 0 Å². The molecule has 1 aliphatic carbocycles. The smallest absolute Gasteiger partial charge is 0.306 e. The molecule has 0 aromatic rings. The summed E-state index contributed by atoms with van der Waals surface area (Å²) in [6.07, 6.45) is 5.90. The van der Waals surface area contributed by atoms with Crippen molar-refractivity contribution in [1.82, 2.24) is 0 Å². The molecule has 0 radical (unpaired) electrons. The summed E-state index contributed by atoms with van der Waals surface area (Å²) in [6, 6.07) is 0. The van der Waals surface area contributed by atoms with Gasteiger partial charge >= 0.3 is 5.97 Å². The third-order valence-corrected chi connectivity index (χ3v) is 3.34. The molecule has 0 N–H and O–H groups in total. The van der Waals surface area contributed by atoms with Crippen molar-refractivity contribution in [1.29, 1.82) is 0 Å². The molecule has 17 heavy (non-hydrogen) atoms. The molecule has 0 aliphatic heterocycles. The average molecular weight is 240 g/mol. The molecule has 1 aliphatic rings. The van der Waals surface area contributed by atoms with Crippen LogP contribution in [0.5, 0.6) is 0 Å². The maximum absolute atomic E-state index is 11.6. The topological polar surface area (TPSA) is 35.5 Å². The van der Waals surface area contributed by atoms with Gasteiger partial charge in [0.05, 0.1) is 25.4 Å². The van der Waals surface area contributed by atoms with Crippen molar-refractivity contribution in [3.05, 3.63) is 11.8 Å². The van der Waals surface area contributed by atoms with Gasteiger partial charge in [0.1, 0.15) is 0 Å². The molecule has 0 amide bonds. The molecule has 0 aromatic heterocycles. The molecule has 0 fully saturated rings. The predicted octanol–water partition coefficient (Wildman–Crippen LogP) is 3.30. The zero-order chi connectivity index (χ0) is 12.7. The summed E-state index contributed by atoms with van der Waals surface area (Å²) in [5.41, 5.74) is 0. The number of allylic oxidation sites excluding steroid dienone is 2. The van der Waals surface area contributed by atoms with E-state index >= 15 is 0 Å². The summed E-state index contributed by atoms with van der Waals surface area (Å²) in [4.78, 5) is 11.6. The van der Waals surface area contributed by atoms with Gasteiger partial charge in [-0.3, -0.25) is 4.79 Å². The van der Waals surface area contributed by atoms with E-state index in [1.807, 2.05) is 13.8 Å². The minimum Gasteiger partial charge on any atom is -0.498 e. The number of carbonyl (C=O) groups excluding carboxylic acids is 1. The molecule has 3 nitrogen and oxygen atoms in total. The van der Waals surface area contributed by atoms with Crippen LogP contribution in [-0.4, -0.2) is 19.2 Å². The third kappa shape index (κ3) is 4.06. The van der Waals surface area contributed by atoms with Crippen molar-refractivity contribution in [2.45, 2.75) is 46.5 Å². The Bertz CT molecular complexity index is 271. The van der Waals surface area contributed by atoms with Gasteiger partial charge in [0.25, 0.3) is 0 Å². The van der Waals surface area contributed by atoms with Gasteiger partial charge < -0.3 is 9.47 Å².